The fourth-order valence-corrected chi connectivity index (χ4v) is 7.63. The normalized spacial score (nSPS) is 23.8. The fourth-order valence-electron chi connectivity index (χ4n) is 6.73. The number of phenolic OH excluding ortho intramolecular Hbond substituents is 1. The van der Waals surface area contributed by atoms with Crippen LogP contribution in [0.15, 0.2) is 17.5 Å². The summed E-state index contributed by atoms with van der Waals surface area (Å²) in [7, 11) is 0. The molecule has 2 amide bonds. The van der Waals surface area contributed by atoms with E-state index in [1.54, 1.807) is 6.07 Å². The van der Waals surface area contributed by atoms with Gasteiger partial charge >= 0.3 is 6.03 Å². The molecule has 7 nitrogen and oxygen atoms in total. The molecule has 2 aliphatic heterocycles. The Bertz CT molecular complexity index is 1140. The Balaban J connectivity index is 1.38. The first kappa shape index (κ1) is 26.6. The summed E-state index contributed by atoms with van der Waals surface area (Å²) in [5.41, 5.74) is 2.17. The molecule has 1 aliphatic carbocycles. The topological polar surface area (TPSA) is 80.7 Å². The second-order valence-corrected chi connectivity index (χ2v) is 13.8. The quantitative estimate of drug-likeness (QED) is 0.430. The van der Waals surface area contributed by atoms with E-state index in [1.165, 1.54) is 11.3 Å². The van der Waals surface area contributed by atoms with Crippen LogP contribution in [-0.2, 0) is 5.41 Å². The summed E-state index contributed by atoms with van der Waals surface area (Å²) < 4.78 is 0. The monoisotopic (exact) mass is 545 g/mol. The van der Waals surface area contributed by atoms with E-state index >= 15 is 0 Å². The van der Waals surface area contributed by atoms with Gasteiger partial charge in [0.25, 0.3) is 0 Å². The number of piperidine rings is 1. The van der Waals surface area contributed by atoms with Crippen molar-refractivity contribution in [1.82, 2.24) is 15.2 Å². The van der Waals surface area contributed by atoms with Crippen LogP contribution >= 0.6 is 22.9 Å². The Labute approximate surface area is 229 Å². The van der Waals surface area contributed by atoms with Gasteiger partial charge in [-0.25, -0.2) is 9.78 Å². The molecule has 0 radical (unpaired) electrons. The lowest BCUT2D eigenvalue weighted by Gasteiger charge is -2.44. The van der Waals surface area contributed by atoms with Crippen molar-refractivity contribution < 1.29 is 9.90 Å². The molecule has 2 fully saturated rings. The molecule has 1 saturated carbocycles. The summed E-state index contributed by atoms with van der Waals surface area (Å²) in [5, 5.41) is 20.8. The lowest BCUT2D eigenvalue weighted by atomic mass is 9.73. The number of nitrogens with zero attached hydrogens (tertiary/aromatic N) is 3. The van der Waals surface area contributed by atoms with Crippen molar-refractivity contribution >= 4 is 40.5 Å². The van der Waals surface area contributed by atoms with E-state index in [4.69, 9.17) is 11.6 Å². The molecular formula is C28H40ClN5O2S. The van der Waals surface area contributed by atoms with Gasteiger partial charge in [-0.1, -0.05) is 45.2 Å². The summed E-state index contributed by atoms with van der Waals surface area (Å²) in [6.45, 7) is 12.8. The zero-order valence-electron chi connectivity index (χ0n) is 22.4. The van der Waals surface area contributed by atoms with Crippen molar-refractivity contribution in [2.24, 2.45) is 5.41 Å². The number of hydrogen-bond acceptors (Lipinski definition) is 6. The predicted octanol–water partition coefficient (Wildman–Crippen LogP) is 6.14. The standard InChI is InChI=1S/C28H40ClN5O2S/c1-18-30-23(15-37-18)32-26(36)31-20-7-5-6-8-21(20)34-17-28(24-19(29)9-10-22(35)25(24)34)11-13-33(14-12-28)16-27(2,3)4/h9-10,15,20-21,35H,5-8,11-14,16-17H2,1-4H3,(H2,31,32,36). The number of aryl methyl sites for hydroxylation is 1. The highest BCUT2D eigenvalue weighted by Gasteiger charge is 2.50. The van der Waals surface area contributed by atoms with Gasteiger partial charge in [-0.15, -0.1) is 11.3 Å². The van der Waals surface area contributed by atoms with E-state index in [0.29, 0.717) is 11.6 Å². The molecule has 3 aliphatic rings. The molecule has 3 N–H and O–H groups in total. The molecule has 0 bridgehead atoms. The third-order valence-corrected chi connectivity index (χ3v) is 9.30. The molecule has 37 heavy (non-hydrogen) atoms. The van der Waals surface area contributed by atoms with Crippen LogP contribution in [0.2, 0.25) is 5.02 Å². The molecule has 202 valence electrons. The number of aromatic nitrogens is 1. The molecule has 1 spiro atoms. The zero-order valence-corrected chi connectivity index (χ0v) is 24.0. The van der Waals surface area contributed by atoms with Crippen LogP contribution in [0.4, 0.5) is 16.3 Å². The lowest BCUT2D eigenvalue weighted by Crippen LogP contribution is -2.55. The number of amides is 2. The number of thiazole rings is 1. The maximum absolute atomic E-state index is 12.9. The van der Waals surface area contributed by atoms with E-state index in [-0.39, 0.29) is 28.9 Å². The van der Waals surface area contributed by atoms with Crippen molar-refractivity contribution in [2.45, 2.75) is 83.7 Å². The number of fused-ring (bicyclic) bond motifs is 2. The van der Waals surface area contributed by atoms with Crippen molar-refractivity contribution in [3.05, 3.63) is 33.1 Å². The van der Waals surface area contributed by atoms with E-state index in [0.717, 1.165) is 86.0 Å². The average Bonchev–Trinajstić information content (AvgIpc) is 3.39. The van der Waals surface area contributed by atoms with Crippen molar-refractivity contribution in [2.75, 3.05) is 36.4 Å². The molecule has 3 heterocycles. The first-order valence-corrected chi connectivity index (χ1v) is 14.8. The van der Waals surface area contributed by atoms with Gasteiger partial charge in [-0.2, -0.15) is 0 Å². The van der Waals surface area contributed by atoms with Gasteiger partial charge in [0.05, 0.1) is 16.7 Å². The second-order valence-electron chi connectivity index (χ2n) is 12.3. The molecule has 5 rings (SSSR count). The van der Waals surface area contributed by atoms with E-state index < -0.39 is 0 Å². The summed E-state index contributed by atoms with van der Waals surface area (Å²) in [6, 6.07) is 3.44. The minimum atomic E-state index is -0.220. The molecule has 1 saturated heterocycles. The minimum Gasteiger partial charge on any atom is -0.506 e. The van der Waals surface area contributed by atoms with Crippen molar-refractivity contribution in [1.29, 1.82) is 0 Å². The van der Waals surface area contributed by atoms with Crippen LogP contribution in [0.25, 0.3) is 0 Å². The van der Waals surface area contributed by atoms with E-state index in [9.17, 15) is 9.90 Å². The van der Waals surface area contributed by atoms with E-state index in [2.05, 4.69) is 46.2 Å². The molecular weight excluding hydrogens is 506 g/mol. The average molecular weight is 546 g/mol. The minimum absolute atomic E-state index is 0.0177. The number of benzene rings is 1. The van der Waals surface area contributed by atoms with Crippen LogP contribution in [0.3, 0.4) is 0 Å². The Hall–Kier alpha value is -2.03. The number of carbonyl (C=O) groups is 1. The lowest BCUT2D eigenvalue weighted by molar-refractivity contribution is 0.123. The summed E-state index contributed by atoms with van der Waals surface area (Å²) in [6.07, 6.45) is 6.10. The maximum Gasteiger partial charge on any atom is 0.320 e. The Kier molecular flexibility index (Phi) is 7.37. The van der Waals surface area contributed by atoms with Gasteiger partial charge in [0.1, 0.15) is 11.6 Å². The van der Waals surface area contributed by atoms with Crippen LogP contribution in [0, 0.1) is 12.3 Å². The molecule has 1 aromatic carbocycles. The molecule has 2 unspecified atom stereocenters. The maximum atomic E-state index is 12.9. The molecule has 2 atom stereocenters. The van der Waals surface area contributed by atoms with Gasteiger partial charge in [0.15, 0.2) is 0 Å². The number of halogens is 1. The van der Waals surface area contributed by atoms with Crippen molar-refractivity contribution in [3.63, 3.8) is 0 Å². The van der Waals surface area contributed by atoms with Gasteiger partial charge in [-0.3, -0.25) is 5.32 Å². The zero-order chi connectivity index (χ0) is 26.4. The SMILES string of the molecule is Cc1nc(NC(=O)NC2CCCCC2N2CC3(CCN(CC(C)(C)C)CC3)c3c(Cl)ccc(O)c32)cs1. The largest absolute Gasteiger partial charge is 0.506 e. The van der Waals surface area contributed by atoms with E-state index in [1.807, 2.05) is 18.4 Å². The highest BCUT2D eigenvalue weighted by molar-refractivity contribution is 7.09. The summed E-state index contributed by atoms with van der Waals surface area (Å²) in [4.78, 5) is 22.2. The number of urea groups is 1. The number of phenols is 1. The molecule has 1 aromatic heterocycles. The number of nitrogens with one attached hydrogen (secondary N) is 2. The summed E-state index contributed by atoms with van der Waals surface area (Å²) in [5.74, 6) is 0.879. The smallest absolute Gasteiger partial charge is 0.320 e. The first-order valence-electron chi connectivity index (χ1n) is 13.6. The number of anilines is 2. The number of rotatable bonds is 4. The van der Waals surface area contributed by atoms with Gasteiger partial charge in [-0.05, 0) is 63.2 Å². The predicted molar refractivity (Wildman–Crippen MR) is 152 cm³/mol. The van der Waals surface area contributed by atoms with Crippen LogP contribution < -0.4 is 15.5 Å². The molecule has 2 aromatic rings. The first-order chi connectivity index (χ1) is 17.5. The van der Waals surface area contributed by atoms with Crippen molar-refractivity contribution in [3.8, 4) is 5.75 Å². The number of aromatic hydroxyl groups is 1. The second kappa shape index (κ2) is 10.3. The van der Waals surface area contributed by atoms with Gasteiger partial charge in [0.2, 0.25) is 0 Å². The van der Waals surface area contributed by atoms with Crippen LogP contribution in [0.1, 0.15) is 69.9 Å². The fraction of sp³-hybridized carbons (Fsp3) is 0.643. The van der Waals surface area contributed by atoms with Crippen LogP contribution in [0.5, 0.6) is 5.75 Å². The third-order valence-electron chi connectivity index (χ3n) is 8.21. The Morgan fingerprint density at radius 2 is 1.97 bits per heavy atom. The Morgan fingerprint density at radius 3 is 2.65 bits per heavy atom. The number of carbonyl (C=O) groups excluding carboxylic acids is 1. The van der Waals surface area contributed by atoms with Gasteiger partial charge < -0.3 is 20.2 Å². The third kappa shape index (κ3) is 5.57. The number of hydrogen-bond donors (Lipinski definition) is 3. The van der Waals surface area contributed by atoms with Gasteiger partial charge in [0, 0.05) is 40.5 Å². The van der Waals surface area contributed by atoms with Crippen LogP contribution in [-0.4, -0.2) is 59.3 Å². The highest BCUT2D eigenvalue weighted by Crippen LogP contribution is 2.55. The molecule has 9 heteroatoms. The number of likely N-dealkylation sites (tertiary alicyclic amines) is 1. The Morgan fingerprint density at radius 1 is 1.24 bits per heavy atom. The summed E-state index contributed by atoms with van der Waals surface area (Å²) >= 11 is 8.41. The highest BCUT2D eigenvalue weighted by atomic mass is 35.5.